The molecule has 0 aliphatic rings. The summed E-state index contributed by atoms with van der Waals surface area (Å²) in [5.74, 6) is -0.782. The van der Waals surface area contributed by atoms with E-state index >= 15 is 0 Å². The van der Waals surface area contributed by atoms with Crippen LogP contribution in [0.2, 0.25) is 0 Å². The highest BCUT2D eigenvalue weighted by atomic mass is 16.4. The summed E-state index contributed by atoms with van der Waals surface area (Å²) < 4.78 is 1.66. The molecule has 0 saturated carbocycles. The lowest BCUT2D eigenvalue weighted by atomic mass is 10.2. The van der Waals surface area contributed by atoms with Crippen molar-refractivity contribution in [2.75, 3.05) is 0 Å². The average molecular weight is 154 g/mol. The normalized spacial score (nSPS) is 9.91. The van der Waals surface area contributed by atoms with Crippen LogP contribution >= 0.6 is 0 Å². The van der Waals surface area contributed by atoms with Crippen LogP contribution in [0.1, 0.15) is 12.1 Å². The standard InChI is InChI=1S/C7H10N2O2/c1-9-5-4-6(8-9)2-3-7(10)11/h4-5H,2-3H2,1H3,(H,10,11). The molecule has 1 N–H and O–H groups in total. The smallest absolute Gasteiger partial charge is 0.303 e. The maximum absolute atomic E-state index is 10.1. The van der Waals surface area contributed by atoms with Crippen molar-refractivity contribution in [3.63, 3.8) is 0 Å². The Kier molecular flexibility index (Phi) is 2.25. The molecule has 0 amide bonds. The Morgan fingerprint density at radius 3 is 3.00 bits per heavy atom. The van der Waals surface area contributed by atoms with E-state index in [1.807, 2.05) is 13.1 Å². The highest BCUT2D eigenvalue weighted by Crippen LogP contribution is 1.98. The van der Waals surface area contributed by atoms with Crippen molar-refractivity contribution < 1.29 is 9.90 Å². The molecular weight excluding hydrogens is 144 g/mol. The average Bonchev–Trinajstić information content (AvgIpc) is 2.31. The molecule has 0 fully saturated rings. The predicted molar refractivity (Wildman–Crippen MR) is 39.2 cm³/mol. The van der Waals surface area contributed by atoms with Gasteiger partial charge in [0.25, 0.3) is 0 Å². The zero-order valence-electron chi connectivity index (χ0n) is 6.32. The van der Waals surface area contributed by atoms with Crippen molar-refractivity contribution in [1.82, 2.24) is 9.78 Å². The van der Waals surface area contributed by atoms with Gasteiger partial charge >= 0.3 is 5.97 Å². The maximum atomic E-state index is 10.1. The molecule has 1 aromatic rings. The van der Waals surface area contributed by atoms with Gasteiger partial charge in [-0.3, -0.25) is 9.48 Å². The number of aryl methyl sites for hydroxylation is 2. The van der Waals surface area contributed by atoms with E-state index in [-0.39, 0.29) is 6.42 Å². The number of aliphatic carboxylic acids is 1. The minimum absolute atomic E-state index is 0.150. The van der Waals surface area contributed by atoms with E-state index in [0.717, 1.165) is 5.69 Å². The summed E-state index contributed by atoms with van der Waals surface area (Å²) in [4.78, 5) is 10.1. The third kappa shape index (κ3) is 2.41. The SMILES string of the molecule is Cn1ccc(CCC(=O)O)n1. The van der Waals surface area contributed by atoms with E-state index in [4.69, 9.17) is 5.11 Å². The molecule has 0 aliphatic carbocycles. The number of hydrogen-bond acceptors (Lipinski definition) is 2. The van der Waals surface area contributed by atoms with Gasteiger partial charge < -0.3 is 5.11 Å². The minimum atomic E-state index is -0.782. The Hall–Kier alpha value is -1.32. The molecule has 0 unspecified atom stereocenters. The zero-order chi connectivity index (χ0) is 8.27. The molecule has 11 heavy (non-hydrogen) atoms. The Morgan fingerprint density at radius 2 is 2.55 bits per heavy atom. The first-order valence-corrected chi connectivity index (χ1v) is 3.39. The van der Waals surface area contributed by atoms with Gasteiger partial charge in [-0.15, -0.1) is 0 Å². The fraction of sp³-hybridized carbons (Fsp3) is 0.429. The van der Waals surface area contributed by atoms with E-state index in [1.54, 1.807) is 10.9 Å². The predicted octanol–water partition coefficient (Wildman–Crippen LogP) is 0.437. The first-order chi connectivity index (χ1) is 5.18. The quantitative estimate of drug-likeness (QED) is 0.687. The highest BCUT2D eigenvalue weighted by Gasteiger charge is 2.00. The minimum Gasteiger partial charge on any atom is -0.481 e. The number of hydrogen-bond donors (Lipinski definition) is 1. The van der Waals surface area contributed by atoms with Crippen LogP contribution in [0.15, 0.2) is 12.3 Å². The Morgan fingerprint density at radius 1 is 1.82 bits per heavy atom. The fourth-order valence-electron chi connectivity index (χ4n) is 0.832. The van der Waals surface area contributed by atoms with Crippen molar-refractivity contribution >= 4 is 5.97 Å². The van der Waals surface area contributed by atoms with Crippen molar-refractivity contribution in [1.29, 1.82) is 0 Å². The molecule has 1 rings (SSSR count). The number of carbonyl (C=O) groups is 1. The summed E-state index contributed by atoms with van der Waals surface area (Å²) in [6, 6.07) is 1.82. The second-order valence-electron chi connectivity index (χ2n) is 2.37. The molecule has 0 radical (unpaired) electrons. The van der Waals surface area contributed by atoms with E-state index < -0.39 is 5.97 Å². The lowest BCUT2D eigenvalue weighted by Gasteiger charge is -1.90. The third-order valence-electron chi connectivity index (χ3n) is 1.36. The summed E-state index contributed by atoms with van der Waals surface area (Å²) in [5, 5.41) is 12.4. The topological polar surface area (TPSA) is 55.1 Å². The fourth-order valence-corrected chi connectivity index (χ4v) is 0.832. The van der Waals surface area contributed by atoms with Gasteiger partial charge in [-0.05, 0) is 6.07 Å². The molecule has 4 nitrogen and oxygen atoms in total. The van der Waals surface area contributed by atoms with Gasteiger partial charge in [-0.25, -0.2) is 0 Å². The molecule has 0 saturated heterocycles. The molecule has 0 atom stereocenters. The molecule has 0 aromatic carbocycles. The van der Waals surface area contributed by atoms with Crippen molar-refractivity contribution in [2.24, 2.45) is 7.05 Å². The summed E-state index contributed by atoms with van der Waals surface area (Å²) in [5.41, 5.74) is 0.829. The van der Waals surface area contributed by atoms with E-state index in [9.17, 15) is 4.79 Å². The highest BCUT2D eigenvalue weighted by molar-refractivity contribution is 5.66. The molecule has 60 valence electrons. The van der Waals surface area contributed by atoms with Crippen LogP contribution in [0.5, 0.6) is 0 Å². The Labute approximate surface area is 64.5 Å². The number of rotatable bonds is 3. The first kappa shape index (κ1) is 7.78. The summed E-state index contributed by atoms with van der Waals surface area (Å²) >= 11 is 0. The molecule has 0 aliphatic heterocycles. The van der Waals surface area contributed by atoms with Crippen LogP contribution in [0.25, 0.3) is 0 Å². The molecule has 1 heterocycles. The van der Waals surface area contributed by atoms with Crippen molar-refractivity contribution in [3.05, 3.63) is 18.0 Å². The third-order valence-corrected chi connectivity index (χ3v) is 1.36. The van der Waals surface area contributed by atoms with Gasteiger partial charge in [-0.2, -0.15) is 5.10 Å². The summed E-state index contributed by atoms with van der Waals surface area (Å²) in [6.07, 6.45) is 2.46. The van der Waals surface area contributed by atoms with Gasteiger partial charge in [0.2, 0.25) is 0 Å². The van der Waals surface area contributed by atoms with E-state index in [1.165, 1.54) is 0 Å². The molecular formula is C7H10N2O2. The van der Waals surface area contributed by atoms with Crippen LogP contribution < -0.4 is 0 Å². The van der Waals surface area contributed by atoms with Crippen LogP contribution in [-0.2, 0) is 18.3 Å². The van der Waals surface area contributed by atoms with Crippen LogP contribution in [-0.4, -0.2) is 20.9 Å². The first-order valence-electron chi connectivity index (χ1n) is 3.39. The Bertz CT molecular complexity index is 255. The van der Waals surface area contributed by atoms with Gasteiger partial charge in [0.1, 0.15) is 0 Å². The second-order valence-corrected chi connectivity index (χ2v) is 2.37. The monoisotopic (exact) mass is 154 g/mol. The lowest BCUT2D eigenvalue weighted by Crippen LogP contribution is -1.98. The molecule has 1 aromatic heterocycles. The van der Waals surface area contributed by atoms with E-state index in [0.29, 0.717) is 6.42 Å². The van der Waals surface area contributed by atoms with Crippen LogP contribution in [0, 0.1) is 0 Å². The number of nitrogens with zero attached hydrogens (tertiary/aromatic N) is 2. The van der Waals surface area contributed by atoms with Gasteiger partial charge in [0.15, 0.2) is 0 Å². The lowest BCUT2D eigenvalue weighted by molar-refractivity contribution is -0.136. The number of aromatic nitrogens is 2. The number of carboxylic acids is 1. The number of carboxylic acid groups (broad SMARTS) is 1. The van der Waals surface area contributed by atoms with Crippen LogP contribution in [0.4, 0.5) is 0 Å². The Balaban J connectivity index is 2.45. The van der Waals surface area contributed by atoms with Gasteiger partial charge in [0.05, 0.1) is 12.1 Å². The van der Waals surface area contributed by atoms with E-state index in [2.05, 4.69) is 5.10 Å². The van der Waals surface area contributed by atoms with Gasteiger partial charge in [0, 0.05) is 19.7 Å². The van der Waals surface area contributed by atoms with Crippen molar-refractivity contribution in [2.45, 2.75) is 12.8 Å². The van der Waals surface area contributed by atoms with Crippen LogP contribution in [0.3, 0.4) is 0 Å². The van der Waals surface area contributed by atoms with Gasteiger partial charge in [-0.1, -0.05) is 0 Å². The second kappa shape index (κ2) is 3.18. The molecule has 0 bridgehead atoms. The molecule has 4 heteroatoms. The maximum Gasteiger partial charge on any atom is 0.303 e. The summed E-state index contributed by atoms with van der Waals surface area (Å²) in [7, 11) is 1.81. The summed E-state index contributed by atoms with van der Waals surface area (Å²) in [6.45, 7) is 0. The zero-order valence-corrected chi connectivity index (χ0v) is 6.32. The largest absolute Gasteiger partial charge is 0.481 e. The molecule has 0 spiro atoms. The van der Waals surface area contributed by atoms with Crippen molar-refractivity contribution in [3.8, 4) is 0 Å².